The number of carbonyl (C=O) groups excluding carboxylic acids is 1. The van der Waals surface area contributed by atoms with E-state index in [2.05, 4.69) is 20.9 Å². The van der Waals surface area contributed by atoms with Crippen molar-refractivity contribution >= 4 is 34.6 Å². The second-order valence-electron chi connectivity index (χ2n) is 7.88. The zero-order chi connectivity index (χ0) is 22.4. The lowest BCUT2D eigenvalue weighted by Gasteiger charge is -2.23. The number of allylic oxidation sites excluding steroid dienone is 1. The van der Waals surface area contributed by atoms with Crippen molar-refractivity contribution in [1.82, 2.24) is 10.3 Å². The first-order valence-electron chi connectivity index (χ1n) is 9.72. The van der Waals surface area contributed by atoms with Crippen molar-refractivity contribution in [3.8, 4) is 0 Å². The molecule has 0 fully saturated rings. The van der Waals surface area contributed by atoms with Gasteiger partial charge in [-0.1, -0.05) is 31.5 Å². The summed E-state index contributed by atoms with van der Waals surface area (Å²) in [4.78, 5) is 39.9. The van der Waals surface area contributed by atoms with Crippen LogP contribution in [0.4, 0.5) is 17.1 Å². The van der Waals surface area contributed by atoms with Gasteiger partial charge in [0, 0.05) is 23.3 Å². The molecule has 0 saturated heterocycles. The zero-order valence-electron chi connectivity index (χ0n) is 17.2. The first-order chi connectivity index (χ1) is 14.8. The highest BCUT2D eigenvalue weighted by molar-refractivity contribution is 6.30. The highest BCUT2D eigenvalue weighted by Crippen LogP contribution is 2.22. The number of pyridine rings is 1. The van der Waals surface area contributed by atoms with Gasteiger partial charge in [-0.3, -0.25) is 19.4 Å². The van der Waals surface area contributed by atoms with Crippen LogP contribution in [0.1, 0.15) is 30.6 Å². The molecule has 0 spiro atoms. The first-order valence-corrected chi connectivity index (χ1v) is 10.1. The molecule has 0 atom stereocenters. The van der Waals surface area contributed by atoms with Crippen LogP contribution < -0.4 is 26.8 Å². The molecule has 0 aliphatic rings. The average Bonchev–Trinajstić information content (AvgIpc) is 2.77. The van der Waals surface area contributed by atoms with Gasteiger partial charge in [-0.05, 0) is 54.4 Å². The third-order valence-corrected chi connectivity index (χ3v) is 4.94. The van der Waals surface area contributed by atoms with Crippen LogP contribution in [-0.2, 0) is 0 Å². The molecule has 0 aliphatic carbocycles. The number of benzene rings is 1. The maximum Gasteiger partial charge on any atom is 0.253 e. The molecule has 0 unspecified atom stereocenters. The van der Waals surface area contributed by atoms with Crippen LogP contribution in [0.25, 0.3) is 0 Å². The molecule has 8 heteroatoms. The van der Waals surface area contributed by atoms with Crippen molar-refractivity contribution in [3.63, 3.8) is 0 Å². The van der Waals surface area contributed by atoms with E-state index in [1.807, 2.05) is 19.9 Å². The summed E-state index contributed by atoms with van der Waals surface area (Å²) < 4.78 is 0. The van der Waals surface area contributed by atoms with Gasteiger partial charge < -0.3 is 16.0 Å². The lowest BCUT2D eigenvalue weighted by molar-refractivity contribution is 0.0937. The summed E-state index contributed by atoms with van der Waals surface area (Å²) in [6.45, 7) is 4.51. The van der Waals surface area contributed by atoms with Crippen LogP contribution in [0.3, 0.4) is 0 Å². The largest absolute Gasteiger partial charge is 0.357 e. The fourth-order valence-corrected chi connectivity index (χ4v) is 2.97. The monoisotopic (exact) mass is 438 g/mol. The van der Waals surface area contributed by atoms with Gasteiger partial charge in [0.15, 0.2) is 0 Å². The Labute approximate surface area is 184 Å². The Morgan fingerprint density at radius 1 is 1.10 bits per heavy atom. The molecular weight excluding hydrogens is 416 g/mol. The van der Waals surface area contributed by atoms with E-state index in [1.54, 1.807) is 55.0 Å². The van der Waals surface area contributed by atoms with Crippen molar-refractivity contribution in [2.24, 2.45) is 5.41 Å². The summed E-state index contributed by atoms with van der Waals surface area (Å²) >= 11 is 5.85. The predicted molar refractivity (Wildman–Crippen MR) is 124 cm³/mol. The van der Waals surface area contributed by atoms with Gasteiger partial charge in [0.25, 0.3) is 16.8 Å². The summed E-state index contributed by atoms with van der Waals surface area (Å²) in [5, 5.41) is 9.29. The third-order valence-electron chi connectivity index (χ3n) is 4.69. The molecule has 0 aliphatic heterocycles. The molecule has 1 amide bonds. The second kappa shape index (κ2) is 9.57. The van der Waals surface area contributed by atoms with Gasteiger partial charge in [0.2, 0.25) is 0 Å². The van der Waals surface area contributed by atoms with Crippen LogP contribution >= 0.6 is 11.6 Å². The van der Waals surface area contributed by atoms with Gasteiger partial charge >= 0.3 is 0 Å². The molecule has 2 aromatic carbocycles. The first kappa shape index (κ1) is 22.2. The van der Waals surface area contributed by atoms with Crippen LogP contribution in [0, 0.1) is 5.41 Å². The van der Waals surface area contributed by atoms with Crippen molar-refractivity contribution < 1.29 is 4.79 Å². The summed E-state index contributed by atoms with van der Waals surface area (Å²) in [6, 6.07) is 10.2. The molecule has 0 bridgehead atoms. The zero-order valence-corrected chi connectivity index (χ0v) is 18.0. The SMILES string of the molecule is CC(C)(CC=CNc1c(Nc2cccnc2)c(=O)c1=O)CNC(=O)c1ccc(Cl)cc1. The maximum atomic E-state index is 12.2. The summed E-state index contributed by atoms with van der Waals surface area (Å²) in [5.41, 5.74) is 0.266. The van der Waals surface area contributed by atoms with Gasteiger partial charge in [-0.25, -0.2) is 0 Å². The molecular formula is C23H23ClN4O3. The summed E-state index contributed by atoms with van der Waals surface area (Å²) in [6.07, 6.45) is 7.32. The standard InChI is InChI=1S/C23H23ClN4O3/c1-23(2,14-27-22(31)15-6-8-16(24)9-7-15)10-4-12-26-18-19(21(30)20(18)29)28-17-5-3-11-25-13-17/h3-9,11-13,26,28H,10,14H2,1-2H3,(H,27,31). The van der Waals surface area contributed by atoms with E-state index in [-0.39, 0.29) is 22.7 Å². The minimum atomic E-state index is -0.565. The Balaban J connectivity index is 1.52. The molecule has 1 aromatic heterocycles. The highest BCUT2D eigenvalue weighted by atomic mass is 35.5. The Morgan fingerprint density at radius 2 is 1.81 bits per heavy atom. The van der Waals surface area contributed by atoms with Gasteiger partial charge in [0.05, 0.1) is 11.9 Å². The number of amides is 1. The van der Waals surface area contributed by atoms with Crippen molar-refractivity contribution in [2.45, 2.75) is 20.3 Å². The summed E-state index contributed by atoms with van der Waals surface area (Å²) in [5.74, 6) is -0.165. The number of halogens is 1. The molecule has 160 valence electrons. The predicted octanol–water partition coefficient (Wildman–Crippen LogP) is 3.85. The number of hydrogen-bond donors (Lipinski definition) is 3. The van der Waals surface area contributed by atoms with Crippen LogP contribution in [-0.4, -0.2) is 17.4 Å². The molecule has 31 heavy (non-hydrogen) atoms. The lowest BCUT2D eigenvalue weighted by atomic mass is 9.89. The number of nitrogens with one attached hydrogen (secondary N) is 3. The minimum absolute atomic E-state index is 0.165. The normalized spacial score (nSPS) is 11.6. The van der Waals surface area contributed by atoms with E-state index in [0.29, 0.717) is 29.2 Å². The van der Waals surface area contributed by atoms with Crippen molar-refractivity contribution in [2.75, 3.05) is 17.2 Å². The molecule has 0 radical (unpaired) electrons. The molecule has 3 rings (SSSR count). The van der Waals surface area contributed by atoms with Crippen molar-refractivity contribution in [3.05, 3.63) is 92.1 Å². The maximum absolute atomic E-state index is 12.2. The number of hydrogen-bond acceptors (Lipinski definition) is 6. The van der Waals surface area contributed by atoms with Crippen LogP contribution in [0.5, 0.6) is 0 Å². The summed E-state index contributed by atoms with van der Waals surface area (Å²) in [7, 11) is 0. The van der Waals surface area contributed by atoms with Crippen molar-refractivity contribution in [1.29, 1.82) is 0 Å². The fraction of sp³-hybridized carbons (Fsp3) is 0.217. The number of rotatable bonds is 9. The van der Waals surface area contributed by atoms with Crippen LogP contribution in [0.15, 0.2) is 70.7 Å². The Morgan fingerprint density at radius 3 is 2.48 bits per heavy atom. The molecule has 3 aromatic rings. The Bertz CT molecular complexity index is 1150. The van der Waals surface area contributed by atoms with E-state index >= 15 is 0 Å². The number of aromatic nitrogens is 1. The van der Waals surface area contributed by atoms with E-state index in [0.717, 1.165) is 0 Å². The van der Waals surface area contributed by atoms with E-state index < -0.39 is 10.9 Å². The Kier molecular flexibility index (Phi) is 6.87. The average molecular weight is 439 g/mol. The number of nitrogens with zero attached hydrogens (tertiary/aromatic N) is 1. The third kappa shape index (κ3) is 5.79. The number of carbonyl (C=O) groups is 1. The van der Waals surface area contributed by atoms with E-state index in [1.165, 1.54) is 0 Å². The van der Waals surface area contributed by atoms with Crippen LogP contribution in [0.2, 0.25) is 5.02 Å². The van der Waals surface area contributed by atoms with Gasteiger partial charge in [-0.2, -0.15) is 0 Å². The smallest absolute Gasteiger partial charge is 0.253 e. The highest BCUT2D eigenvalue weighted by Gasteiger charge is 2.21. The van der Waals surface area contributed by atoms with Gasteiger partial charge in [-0.15, -0.1) is 0 Å². The minimum Gasteiger partial charge on any atom is -0.357 e. The lowest BCUT2D eigenvalue weighted by Crippen LogP contribution is -2.35. The molecule has 7 nitrogen and oxygen atoms in total. The second-order valence-corrected chi connectivity index (χ2v) is 8.32. The quantitative estimate of drug-likeness (QED) is 0.439. The van der Waals surface area contributed by atoms with E-state index in [9.17, 15) is 14.4 Å². The fourth-order valence-electron chi connectivity index (χ4n) is 2.84. The van der Waals surface area contributed by atoms with E-state index in [4.69, 9.17) is 11.6 Å². The topological polar surface area (TPSA) is 100 Å². The molecule has 3 N–H and O–H groups in total. The van der Waals surface area contributed by atoms with Gasteiger partial charge in [0.1, 0.15) is 11.4 Å². The Hall–Kier alpha value is -3.45. The molecule has 0 saturated carbocycles. The molecule has 1 heterocycles. The number of anilines is 3.